The highest BCUT2D eigenvalue weighted by Gasteiger charge is 2.11. The molecular weight excluding hydrogens is 244 g/mol. The van der Waals surface area contributed by atoms with Crippen LogP contribution in [0.3, 0.4) is 0 Å². The zero-order valence-corrected chi connectivity index (χ0v) is 10.9. The summed E-state index contributed by atoms with van der Waals surface area (Å²) < 4.78 is 32.6. The van der Waals surface area contributed by atoms with Crippen molar-refractivity contribution in [2.45, 2.75) is 13.2 Å². The lowest BCUT2D eigenvalue weighted by molar-refractivity contribution is 0.262. The predicted octanol–water partition coefficient (Wildman–Crippen LogP) is 0.146. The quantitative estimate of drug-likeness (QED) is 0.704. The number of hydrogen-bond donors (Lipinski definition) is 1. The average molecular weight is 262 g/mol. The highest BCUT2D eigenvalue weighted by molar-refractivity contribution is 7.86. The fourth-order valence-electron chi connectivity index (χ4n) is 1.25. The highest BCUT2D eigenvalue weighted by Crippen LogP contribution is 2.11. The Hall–Kier alpha value is -0.890. The van der Waals surface area contributed by atoms with Crippen LogP contribution >= 0.6 is 0 Å². The number of hydrogen-bond acceptors (Lipinski definition) is 6. The molecule has 0 saturated heterocycles. The topological polar surface area (TPSA) is 85.8 Å². The summed E-state index contributed by atoms with van der Waals surface area (Å²) in [6.07, 6.45) is 0. The van der Waals surface area contributed by atoms with Gasteiger partial charge >= 0.3 is 0 Å². The van der Waals surface area contributed by atoms with E-state index in [0.29, 0.717) is 12.3 Å². The van der Waals surface area contributed by atoms with Gasteiger partial charge in [0.25, 0.3) is 10.1 Å². The van der Waals surface area contributed by atoms with E-state index in [1.54, 1.807) is 12.1 Å². The van der Waals surface area contributed by atoms with Gasteiger partial charge in [0, 0.05) is 6.54 Å². The fraction of sp³-hybridized carbons (Fsp3) is 0.600. The molecule has 0 aliphatic carbocycles. The molecule has 0 unspecified atom stereocenters. The molecule has 0 bridgehead atoms. The van der Waals surface area contributed by atoms with Crippen molar-refractivity contribution in [3.63, 3.8) is 0 Å². The van der Waals surface area contributed by atoms with Gasteiger partial charge in [0.1, 0.15) is 18.1 Å². The van der Waals surface area contributed by atoms with Gasteiger partial charge in [-0.1, -0.05) is 0 Å². The molecule has 1 aromatic rings. The maximum absolute atomic E-state index is 11.2. The minimum atomic E-state index is -3.54. The Morgan fingerprint density at radius 2 is 2.00 bits per heavy atom. The molecule has 98 valence electrons. The molecule has 0 spiro atoms. The van der Waals surface area contributed by atoms with Gasteiger partial charge in [0.05, 0.1) is 12.3 Å². The smallest absolute Gasteiger partial charge is 0.268 e. The van der Waals surface area contributed by atoms with Crippen molar-refractivity contribution in [2.24, 2.45) is 5.73 Å². The van der Waals surface area contributed by atoms with Gasteiger partial charge in [-0.25, -0.2) is 0 Å². The average Bonchev–Trinajstić information content (AvgIpc) is 2.62. The molecule has 0 aliphatic rings. The lowest BCUT2D eigenvalue weighted by atomic mass is 10.4. The summed E-state index contributed by atoms with van der Waals surface area (Å²) in [5.74, 6) is 1.07. The van der Waals surface area contributed by atoms with Crippen molar-refractivity contribution in [3.8, 4) is 0 Å². The van der Waals surface area contributed by atoms with Crippen molar-refractivity contribution >= 4 is 10.1 Å². The Morgan fingerprint density at radius 1 is 1.35 bits per heavy atom. The first-order valence-corrected chi connectivity index (χ1v) is 6.80. The molecule has 0 radical (unpaired) electrons. The van der Waals surface area contributed by atoms with Gasteiger partial charge in [0.15, 0.2) is 0 Å². The third-order valence-electron chi connectivity index (χ3n) is 1.94. The first-order chi connectivity index (χ1) is 7.93. The lowest BCUT2D eigenvalue weighted by Crippen LogP contribution is -2.17. The second-order valence-corrected chi connectivity index (χ2v) is 5.68. The second kappa shape index (κ2) is 6.15. The maximum atomic E-state index is 11.2. The summed E-state index contributed by atoms with van der Waals surface area (Å²) in [5.41, 5.74) is 5.15. The fourth-order valence-corrected chi connectivity index (χ4v) is 1.95. The first kappa shape index (κ1) is 14.2. The largest absolute Gasteiger partial charge is 0.462 e. The van der Waals surface area contributed by atoms with Crippen LogP contribution in [0.25, 0.3) is 0 Å². The van der Waals surface area contributed by atoms with Crippen molar-refractivity contribution in [2.75, 3.05) is 26.4 Å². The SMILES string of the molecule is CN(C)Cc1ccc(COS(=O)(=O)CCN)o1. The van der Waals surface area contributed by atoms with Gasteiger partial charge in [-0.2, -0.15) is 8.42 Å². The van der Waals surface area contributed by atoms with Gasteiger partial charge < -0.3 is 15.1 Å². The van der Waals surface area contributed by atoms with E-state index in [9.17, 15) is 8.42 Å². The van der Waals surface area contributed by atoms with Crippen LogP contribution in [0.1, 0.15) is 11.5 Å². The molecule has 1 aromatic heterocycles. The van der Waals surface area contributed by atoms with E-state index in [0.717, 1.165) is 5.76 Å². The molecule has 1 heterocycles. The first-order valence-electron chi connectivity index (χ1n) is 5.22. The van der Waals surface area contributed by atoms with E-state index >= 15 is 0 Å². The summed E-state index contributed by atoms with van der Waals surface area (Å²) >= 11 is 0. The summed E-state index contributed by atoms with van der Waals surface area (Å²) in [5, 5.41) is 0. The molecular formula is C10H18N2O4S. The molecule has 0 amide bonds. The van der Waals surface area contributed by atoms with E-state index in [2.05, 4.69) is 0 Å². The van der Waals surface area contributed by atoms with Gasteiger partial charge in [0.2, 0.25) is 0 Å². The number of furan rings is 1. The van der Waals surface area contributed by atoms with Gasteiger partial charge in [-0.15, -0.1) is 0 Å². The number of nitrogens with two attached hydrogens (primary N) is 1. The lowest BCUT2D eigenvalue weighted by Gasteiger charge is -2.06. The van der Waals surface area contributed by atoms with E-state index < -0.39 is 10.1 Å². The molecule has 1 rings (SSSR count). The molecule has 0 aromatic carbocycles. The molecule has 0 atom stereocenters. The normalized spacial score (nSPS) is 12.2. The van der Waals surface area contributed by atoms with Gasteiger partial charge in [-0.3, -0.25) is 4.18 Å². The Balaban J connectivity index is 2.50. The Morgan fingerprint density at radius 3 is 2.59 bits per heavy atom. The minimum absolute atomic E-state index is 0.0480. The van der Waals surface area contributed by atoms with Crippen LogP contribution in [0.5, 0.6) is 0 Å². The van der Waals surface area contributed by atoms with E-state index in [-0.39, 0.29) is 18.9 Å². The van der Waals surface area contributed by atoms with Crippen molar-refractivity contribution in [3.05, 3.63) is 23.7 Å². The van der Waals surface area contributed by atoms with E-state index in [1.165, 1.54) is 0 Å². The summed E-state index contributed by atoms with van der Waals surface area (Å²) in [4.78, 5) is 1.95. The summed E-state index contributed by atoms with van der Waals surface area (Å²) in [6, 6.07) is 3.51. The predicted molar refractivity (Wildman–Crippen MR) is 63.7 cm³/mol. The van der Waals surface area contributed by atoms with Crippen LogP contribution in [-0.2, 0) is 27.5 Å². The molecule has 7 heteroatoms. The monoisotopic (exact) mass is 262 g/mol. The van der Waals surface area contributed by atoms with Gasteiger partial charge in [-0.05, 0) is 26.2 Å². The van der Waals surface area contributed by atoms with Crippen LogP contribution in [0.15, 0.2) is 16.5 Å². The van der Waals surface area contributed by atoms with Crippen LogP contribution < -0.4 is 5.73 Å². The summed E-state index contributed by atoms with van der Waals surface area (Å²) in [7, 11) is 0.303. The minimum Gasteiger partial charge on any atom is -0.462 e. The third-order valence-corrected chi connectivity index (χ3v) is 3.15. The van der Waals surface area contributed by atoms with Crippen molar-refractivity contribution < 1.29 is 17.0 Å². The van der Waals surface area contributed by atoms with E-state index in [4.69, 9.17) is 14.3 Å². The number of rotatable bonds is 7. The Kier molecular flexibility index (Phi) is 5.13. The van der Waals surface area contributed by atoms with Crippen LogP contribution in [0.4, 0.5) is 0 Å². The molecule has 17 heavy (non-hydrogen) atoms. The van der Waals surface area contributed by atoms with E-state index in [1.807, 2.05) is 19.0 Å². The molecule has 6 nitrogen and oxygen atoms in total. The second-order valence-electron chi connectivity index (χ2n) is 3.92. The van der Waals surface area contributed by atoms with Crippen LogP contribution in [0, 0.1) is 0 Å². The zero-order chi connectivity index (χ0) is 12.9. The van der Waals surface area contributed by atoms with Crippen molar-refractivity contribution in [1.29, 1.82) is 0 Å². The van der Waals surface area contributed by atoms with Crippen LogP contribution in [0.2, 0.25) is 0 Å². The molecule has 0 saturated carbocycles. The highest BCUT2D eigenvalue weighted by atomic mass is 32.2. The zero-order valence-electron chi connectivity index (χ0n) is 10.0. The summed E-state index contributed by atoms with van der Waals surface area (Å²) in [6.45, 7) is 0.623. The van der Waals surface area contributed by atoms with Crippen LogP contribution in [-0.4, -0.2) is 39.7 Å². The van der Waals surface area contributed by atoms with Crippen molar-refractivity contribution in [1.82, 2.24) is 4.90 Å². The maximum Gasteiger partial charge on any atom is 0.268 e. The Bertz CT molecular complexity index is 439. The molecule has 0 fully saturated rings. The standard InChI is InChI=1S/C10H18N2O4S/c1-12(2)7-9-3-4-10(16-9)8-15-17(13,14)6-5-11/h3-4H,5-8,11H2,1-2H3. The third kappa shape index (κ3) is 5.31. The Labute approximate surface area is 101 Å². The molecule has 0 aliphatic heterocycles. The number of nitrogens with zero attached hydrogens (tertiary/aromatic N) is 1. The molecule has 2 N–H and O–H groups in total.